The van der Waals surface area contributed by atoms with Gasteiger partial charge in [-0.05, 0) is 18.6 Å². The predicted octanol–water partition coefficient (Wildman–Crippen LogP) is 3.40. The molecule has 1 heterocycles. The van der Waals surface area contributed by atoms with Crippen LogP contribution in [-0.4, -0.2) is 31.1 Å². The van der Waals surface area contributed by atoms with Crippen molar-refractivity contribution < 1.29 is 8.78 Å². The van der Waals surface area contributed by atoms with Gasteiger partial charge >= 0.3 is 0 Å². The average Bonchev–Trinajstić information content (AvgIpc) is 2.34. The summed E-state index contributed by atoms with van der Waals surface area (Å²) in [4.78, 5) is 2.12. The van der Waals surface area contributed by atoms with Crippen LogP contribution in [0.3, 0.4) is 0 Å². The highest BCUT2D eigenvalue weighted by Crippen LogP contribution is 2.30. The van der Waals surface area contributed by atoms with Crippen molar-refractivity contribution in [2.45, 2.75) is 19.4 Å². The van der Waals surface area contributed by atoms with Crippen molar-refractivity contribution in [3.8, 4) is 0 Å². The second kappa shape index (κ2) is 7.39. The Labute approximate surface area is 123 Å². The van der Waals surface area contributed by atoms with Gasteiger partial charge in [-0.3, -0.25) is 4.90 Å². The number of piperazine rings is 1. The van der Waals surface area contributed by atoms with Gasteiger partial charge in [-0.1, -0.05) is 18.5 Å². The smallest absolute Gasteiger partial charge is 0.132 e. The summed E-state index contributed by atoms with van der Waals surface area (Å²) in [6.45, 7) is 5.26. The van der Waals surface area contributed by atoms with Crippen LogP contribution in [0.2, 0.25) is 5.02 Å². The molecule has 1 aliphatic heterocycles. The molecule has 0 radical (unpaired) electrons. The van der Waals surface area contributed by atoms with Crippen molar-refractivity contribution >= 4 is 24.0 Å². The molecule has 108 valence electrons. The van der Waals surface area contributed by atoms with Crippen LogP contribution in [0.25, 0.3) is 0 Å². The van der Waals surface area contributed by atoms with Gasteiger partial charge < -0.3 is 5.32 Å². The van der Waals surface area contributed by atoms with Crippen LogP contribution in [0.5, 0.6) is 0 Å². The van der Waals surface area contributed by atoms with Crippen LogP contribution in [0.15, 0.2) is 12.1 Å². The molecule has 1 N–H and O–H groups in total. The van der Waals surface area contributed by atoms with Crippen molar-refractivity contribution in [3.63, 3.8) is 0 Å². The maximum atomic E-state index is 13.9. The Balaban J connectivity index is 0.00000180. The molecular formula is C13H18Cl2F2N2. The Morgan fingerprint density at radius 3 is 2.26 bits per heavy atom. The van der Waals surface area contributed by atoms with Crippen LogP contribution in [0, 0.1) is 11.6 Å². The number of halogens is 4. The Morgan fingerprint density at radius 2 is 1.79 bits per heavy atom. The zero-order chi connectivity index (χ0) is 13.1. The summed E-state index contributed by atoms with van der Waals surface area (Å²) < 4.78 is 27.9. The summed E-state index contributed by atoms with van der Waals surface area (Å²) in [6.07, 6.45) is 0.676. The predicted molar refractivity (Wildman–Crippen MR) is 76.1 cm³/mol. The molecule has 1 atom stereocenters. The zero-order valence-corrected chi connectivity index (χ0v) is 12.3. The second-order valence-corrected chi connectivity index (χ2v) is 4.93. The van der Waals surface area contributed by atoms with Crippen LogP contribution < -0.4 is 5.32 Å². The Bertz CT molecular complexity index is 400. The molecule has 0 unspecified atom stereocenters. The summed E-state index contributed by atoms with van der Waals surface area (Å²) >= 11 is 5.65. The number of nitrogens with zero attached hydrogens (tertiary/aromatic N) is 1. The second-order valence-electron chi connectivity index (χ2n) is 4.49. The molecule has 1 aromatic carbocycles. The molecule has 2 rings (SSSR count). The van der Waals surface area contributed by atoms with Gasteiger partial charge in [-0.2, -0.15) is 0 Å². The first-order valence-corrected chi connectivity index (χ1v) is 6.60. The van der Waals surface area contributed by atoms with Crippen molar-refractivity contribution in [2.75, 3.05) is 26.2 Å². The summed E-state index contributed by atoms with van der Waals surface area (Å²) in [5.41, 5.74) is 0.142. The molecule has 0 amide bonds. The molecule has 1 aliphatic rings. The van der Waals surface area contributed by atoms with Crippen LogP contribution in [0.1, 0.15) is 24.9 Å². The number of benzene rings is 1. The highest BCUT2D eigenvalue weighted by molar-refractivity contribution is 6.30. The van der Waals surface area contributed by atoms with E-state index in [0.29, 0.717) is 6.42 Å². The topological polar surface area (TPSA) is 15.3 Å². The van der Waals surface area contributed by atoms with E-state index in [1.165, 1.54) is 12.1 Å². The fraction of sp³-hybridized carbons (Fsp3) is 0.538. The lowest BCUT2D eigenvalue weighted by molar-refractivity contribution is 0.163. The minimum absolute atomic E-state index is 0. The van der Waals surface area contributed by atoms with E-state index < -0.39 is 11.6 Å². The summed E-state index contributed by atoms with van der Waals surface area (Å²) in [6, 6.07) is 2.15. The normalized spacial score (nSPS) is 17.9. The van der Waals surface area contributed by atoms with E-state index in [9.17, 15) is 8.78 Å². The van der Waals surface area contributed by atoms with Crippen LogP contribution in [0.4, 0.5) is 8.78 Å². The van der Waals surface area contributed by atoms with Crippen LogP contribution in [-0.2, 0) is 0 Å². The summed E-state index contributed by atoms with van der Waals surface area (Å²) in [5, 5.41) is 3.33. The molecule has 2 nitrogen and oxygen atoms in total. The molecule has 0 bridgehead atoms. The number of rotatable bonds is 3. The average molecular weight is 311 g/mol. The first-order valence-electron chi connectivity index (χ1n) is 6.22. The summed E-state index contributed by atoms with van der Waals surface area (Å²) in [7, 11) is 0. The molecule has 0 saturated carbocycles. The van der Waals surface area contributed by atoms with Gasteiger partial charge in [0.05, 0.1) is 0 Å². The minimum Gasteiger partial charge on any atom is -0.314 e. The third-order valence-corrected chi connectivity index (χ3v) is 3.57. The molecule has 1 aromatic rings. The number of nitrogens with one attached hydrogen (secondary N) is 1. The standard InChI is InChI=1S/C13H17ClF2N2.ClH/c1-2-12(18-5-3-17-4-6-18)13-10(15)7-9(14)8-11(13)16;/h7-8,12,17H,2-6H2,1H3;1H/t12-;/m1./s1. The van der Waals surface area contributed by atoms with Crippen molar-refractivity contribution in [2.24, 2.45) is 0 Å². The SMILES string of the molecule is CC[C@H](c1c(F)cc(Cl)cc1F)N1CCNCC1.Cl. The summed E-state index contributed by atoms with van der Waals surface area (Å²) in [5.74, 6) is -1.10. The van der Waals surface area contributed by atoms with Gasteiger partial charge in [-0.25, -0.2) is 8.78 Å². The minimum atomic E-state index is -0.551. The third-order valence-electron chi connectivity index (χ3n) is 3.36. The van der Waals surface area contributed by atoms with Gasteiger partial charge in [0, 0.05) is 42.8 Å². The van der Waals surface area contributed by atoms with Gasteiger partial charge in [0.1, 0.15) is 11.6 Å². The molecule has 0 aliphatic carbocycles. The largest absolute Gasteiger partial charge is 0.314 e. The lowest BCUT2D eigenvalue weighted by atomic mass is 10.0. The lowest BCUT2D eigenvalue weighted by Gasteiger charge is -2.35. The van der Waals surface area contributed by atoms with E-state index in [1.807, 2.05) is 6.92 Å². The van der Waals surface area contributed by atoms with E-state index in [-0.39, 0.29) is 29.0 Å². The van der Waals surface area contributed by atoms with E-state index in [0.717, 1.165) is 26.2 Å². The first kappa shape index (κ1) is 16.6. The molecule has 19 heavy (non-hydrogen) atoms. The zero-order valence-electron chi connectivity index (χ0n) is 10.8. The van der Waals surface area contributed by atoms with Crippen LogP contribution >= 0.6 is 24.0 Å². The molecule has 1 fully saturated rings. The van der Waals surface area contributed by atoms with E-state index >= 15 is 0 Å². The fourth-order valence-corrected chi connectivity index (χ4v) is 2.70. The van der Waals surface area contributed by atoms with Gasteiger partial charge in [0.2, 0.25) is 0 Å². The van der Waals surface area contributed by atoms with Gasteiger partial charge in [0.25, 0.3) is 0 Å². The quantitative estimate of drug-likeness (QED) is 0.920. The third kappa shape index (κ3) is 3.78. The van der Waals surface area contributed by atoms with Gasteiger partial charge in [-0.15, -0.1) is 12.4 Å². The van der Waals surface area contributed by atoms with Gasteiger partial charge in [0.15, 0.2) is 0 Å². The van der Waals surface area contributed by atoms with E-state index in [1.54, 1.807) is 0 Å². The monoisotopic (exact) mass is 310 g/mol. The number of hydrogen-bond donors (Lipinski definition) is 1. The molecule has 0 spiro atoms. The molecule has 0 aromatic heterocycles. The highest BCUT2D eigenvalue weighted by atomic mass is 35.5. The Kier molecular flexibility index (Phi) is 6.47. The Hall–Kier alpha value is -0.420. The van der Waals surface area contributed by atoms with E-state index in [4.69, 9.17) is 11.6 Å². The van der Waals surface area contributed by atoms with Crippen molar-refractivity contribution in [1.82, 2.24) is 10.2 Å². The fourth-order valence-electron chi connectivity index (χ4n) is 2.51. The highest BCUT2D eigenvalue weighted by Gasteiger charge is 2.26. The Morgan fingerprint density at radius 1 is 1.26 bits per heavy atom. The van der Waals surface area contributed by atoms with Crippen molar-refractivity contribution in [3.05, 3.63) is 34.4 Å². The molecular weight excluding hydrogens is 293 g/mol. The maximum absolute atomic E-state index is 13.9. The maximum Gasteiger partial charge on any atom is 0.132 e. The number of hydrogen-bond acceptors (Lipinski definition) is 2. The lowest BCUT2D eigenvalue weighted by Crippen LogP contribution is -2.45. The van der Waals surface area contributed by atoms with Crippen molar-refractivity contribution in [1.29, 1.82) is 0 Å². The first-order chi connectivity index (χ1) is 8.63. The van der Waals surface area contributed by atoms with E-state index in [2.05, 4.69) is 10.2 Å². The molecule has 6 heteroatoms. The molecule has 1 saturated heterocycles.